The van der Waals surface area contributed by atoms with Crippen LogP contribution < -0.4 is 0 Å². The van der Waals surface area contributed by atoms with Crippen LogP contribution in [-0.4, -0.2) is 5.78 Å². The van der Waals surface area contributed by atoms with E-state index in [2.05, 4.69) is 6.92 Å². The van der Waals surface area contributed by atoms with Crippen LogP contribution in [0.3, 0.4) is 0 Å². The highest BCUT2D eigenvalue weighted by Gasteiger charge is 2.50. The molecule has 0 aromatic rings. The number of Topliss-reactive ketones (excluding diaryl/α,β-unsaturated/α-hetero) is 1. The number of hydrogen-bond donors (Lipinski definition) is 0. The van der Waals surface area contributed by atoms with Crippen LogP contribution in [0.1, 0.15) is 19.8 Å². The van der Waals surface area contributed by atoms with Gasteiger partial charge in [0.05, 0.1) is 0 Å². The molecule has 2 fully saturated rings. The van der Waals surface area contributed by atoms with Crippen LogP contribution >= 0.6 is 0 Å². The highest BCUT2D eigenvalue weighted by Crippen LogP contribution is 2.51. The van der Waals surface area contributed by atoms with Crippen LogP contribution in [0.25, 0.3) is 0 Å². The Morgan fingerprint density at radius 2 is 2.25 bits per heavy atom. The average molecular weight is 110 g/mol. The minimum Gasteiger partial charge on any atom is -0.299 e. The number of fused-ring (bicyclic) bond motifs is 1. The van der Waals surface area contributed by atoms with Gasteiger partial charge in [-0.3, -0.25) is 4.79 Å². The Hall–Kier alpha value is -0.330. The molecule has 0 amide bonds. The van der Waals surface area contributed by atoms with Gasteiger partial charge in [0.15, 0.2) is 0 Å². The van der Waals surface area contributed by atoms with E-state index in [1.165, 1.54) is 12.8 Å². The topological polar surface area (TPSA) is 17.1 Å². The number of hydrogen-bond acceptors (Lipinski definition) is 1. The summed E-state index contributed by atoms with van der Waals surface area (Å²) in [4.78, 5) is 10.9. The zero-order chi connectivity index (χ0) is 5.72. The van der Waals surface area contributed by atoms with E-state index in [4.69, 9.17) is 0 Å². The van der Waals surface area contributed by atoms with Gasteiger partial charge in [-0.1, -0.05) is 6.92 Å². The summed E-state index contributed by atoms with van der Waals surface area (Å²) in [6.45, 7) is 2.05. The summed E-state index contributed by atoms with van der Waals surface area (Å²) < 4.78 is 0. The summed E-state index contributed by atoms with van der Waals surface area (Å²) >= 11 is 0. The Bertz CT molecular complexity index is 135. The Morgan fingerprint density at radius 1 is 1.50 bits per heavy atom. The van der Waals surface area contributed by atoms with Crippen molar-refractivity contribution in [3.8, 4) is 0 Å². The molecule has 2 aliphatic rings. The number of rotatable bonds is 0. The minimum atomic E-state index is 0.402. The zero-order valence-electron chi connectivity index (χ0n) is 5.05. The second-order valence-electron chi connectivity index (χ2n) is 3.14. The van der Waals surface area contributed by atoms with Crippen molar-refractivity contribution in [2.45, 2.75) is 19.8 Å². The van der Waals surface area contributed by atoms with Crippen LogP contribution in [-0.2, 0) is 4.79 Å². The fraction of sp³-hybridized carbons (Fsp3) is 0.857. The van der Waals surface area contributed by atoms with Crippen molar-refractivity contribution < 1.29 is 4.79 Å². The lowest BCUT2D eigenvalue weighted by Gasteiger charge is -1.98. The van der Waals surface area contributed by atoms with Crippen LogP contribution in [0, 0.1) is 17.8 Å². The molecule has 0 bridgehead atoms. The molecule has 1 heteroatoms. The van der Waals surface area contributed by atoms with E-state index in [0.29, 0.717) is 17.6 Å². The zero-order valence-corrected chi connectivity index (χ0v) is 5.05. The summed E-state index contributed by atoms with van der Waals surface area (Å²) in [5, 5.41) is 0. The van der Waals surface area contributed by atoms with Crippen molar-refractivity contribution in [1.29, 1.82) is 0 Å². The monoisotopic (exact) mass is 110 g/mol. The van der Waals surface area contributed by atoms with E-state index in [1.54, 1.807) is 0 Å². The van der Waals surface area contributed by atoms with E-state index >= 15 is 0 Å². The van der Waals surface area contributed by atoms with Gasteiger partial charge in [-0.25, -0.2) is 0 Å². The van der Waals surface area contributed by atoms with E-state index in [-0.39, 0.29) is 0 Å². The van der Waals surface area contributed by atoms with Crippen LogP contribution in [0.4, 0.5) is 0 Å². The lowest BCUT2D eigenvalue weighted by atomic mass is 10.1. The van der Waals surface area contributed by atoms with E-state index in [0.717, 1.165) is 5.92 Å². The van der Waals surface area contributed by atoms with Crippen molar-refractivity contribution in [2.24, 2.45) is 17.8 Å². The number of carbonyl (C=O) groups excluding carboxylic acids is 1. The van der Waals surface area contributed by atoms with Crippen LogP contribution in [0.2, 0.25) is 0 Å². The third-order valence-corrected chi connectivity index (χ3v) is 2.43. The van der Waals surface area contributed by atoms with Gasteiger partial charge < -0.3 is 0 Å². The van der Waals surface area contributed by atoms with Crippen LogP contribution in [0.5, 0.6) is 0 Å². The second-order valence-corrected chi connectivity index (χ2v) is 3.14. The van der Waals surface area contributed by atoms with Crippen molar-refractivity contribution in [1.82, 2.24) is 0 Å². The Kier molecular flexibility index (Phi) is 0.651. The molecule has 2 rings (SSSR count). The molecule has 0 aromatic heterocycles. The molecule has 44 valence electrons. The van der Waals surface area contributed by atoms with Gasteiger partial charge in [-0.15, -0.1) is 0 Å². The Morgan fingerprint density at radius 3 is 2.50 bits per heavy atom. The standard InChI is InChI=1S/C7H10O/c1-4-2-5-3-6(5)7(4)8/h4-6H,2-3H2,1H3/t4-,5-,6-/m0/s1. The van der Waals surface area contributed by atoms with Crippen molar-refractivity contribution in [2.75, 3.05) is 0 Å². The predicted octanol–water partition coefficient (Wildman–Crippen LogP) is 1.23. The first-order valence-electron chi connectivity index (χ1n) is 3.33. The Labute approximate surface area is 49.1 Å². The van der Waals surface area contributed by atoms with Crippen molar-refractivity contribution >= 4 is 5.78 Å². The van der Waals surface area contributed by atoms with E-state index in [1.807, 2.05) is 0 Å². The van der Waals surface area contributed by atoms with Crippen LogP contribution in [0.15, 0.2) is 0 Å². The SMILES string of the molecule is C[C@H]1C[C@H]2C[C@@H]2C1=O. The van der Waals surface area contributed by atoms with Gasteiger partial charge in [-0.05, 0) is 18.8 Å². The molecule has 0 spiro atoms. The van der Waals surface area contributed by atoms with E-state index < -0.39 is 0 Å². The number of carbonyl (C=O) groups is 1. The maximum atomic E-state index is 10.9. The second kappa shape index (κ2) is 1.15. The molecule has 0 saturated heterocycles. The summed E-state index contributed by atoms with van der Waals surface area (Å²) in [6.07, 6.45) is 2.40. The summed E-state index contributed by atoms with van der Waals surface area (Å²) in [6, 6.07) is 0. The average Bonchev–Trinajstić information content (AvgIpc) is 2.39. The van der Waals surface area contributed by atoms with Gasteiger partial charge >= 0.3 is 0 Å². The molecule has 0 unspecified atom stereocenters. The first-order valence-corrected chi connectivity index (χ1v) is 3.33. The highest BCUT2D eigenvalue weighted by atomic mass is 16.1. The largest absolute Gasteiger partial charge is 0.299 e. The molecule has 0 aromatic carbocycles. The molecule has 2 saturated carbocycles. The lowest BCUT2D eigenvalue weighted by molar-refractivity contribution is -0.122. The molecular formula is C7H10O. The third-order valence-electron chi connectivity index (χ3n) is 2.43. The van der Waals surface area contributed by atoms with Gasteiger partial charge in [0.2, 0.25) is 0 Å². The summed E-state index contributed by atoms with van der Waals surface area (Å²) in [5.41, 5.74) is 0. The fourth-order valence-corrected chi connectivity index (χ4v) is 1.79. The lowest BCUT2D eigenvalue weighted by Crippen LogP contribution is -2.05. The van der Waals surface area contributed by atoms with E-state index in [9.17, 15) is 4.79 Å². The Balaban J connectivity index is 2.19. The maximum Gasteiger partial charge on any atom is 0.139 e. The molecule has 1 nitrogen and oxygen atoms in total. The third kappa shape index (κ3) is 0.396. The molecule has 0 radical (unpaired) electrons. The molecule has 3 atom stereocenters. The van der Waals surface area contributed by atoms with Gasteiger partial charge in [-0.2, -0.15) is 0 Å². The quantitative estimate of drug-likeness (QED) is 0.458. The smallest absolute Gasteiger partial charge is 0.139 e. The molecule has 0 aliphatic heterocycles. The first-order chi connectivity index (χ1) is 3.79. The summed E-state index contributed by atoms with van der Waals surface area (Å²) in [7, 11) is 0. The fourth-order valence-electron chi connectivity index (χ4n) is 1.79. The number of ketones is 1. The normalized spacial score (nSPS) is 51.6. The molecule has 0 N–H and O–H groups in total. The molecular weight excluding hydrogens is 100 g/mol. The maximum absolute atomic E-state index is 10.9. The summed E-state index contributed by atoms with van der Waals surface area (Å²) in [5.74, 6) is 2.27. The first kappa shape index (κ1) is 4.54. The molecule has 2 aliphatic carbocycles. The van der Waals surface area contributed by atoms with Gasteiger partial charge in [0.25, 0.3) is 0 Å². The minimum absolute atomic E-state index is 0.402. The predicted molar refractivity (Wildman–Crippen MR) is 30.4 cm³/mol. The molecule has 8 heavy (non-hydrogen) atoms. The molecule has 0 heterocycles. The van der Waals surface area contributed by atoms with Gasteiger partial charge in [0.1, 0.15) is 5.78 Å². The van der Waals surface area contributed by atoms with Crippen molar-refractivity contribution in [3.05, 3.63) is 0 Å². The van der Waals surface area contributed by atoms with Gasteiger partial charge in [0, 0.05) is 11.8 Å². The van der Waals surface area contributed by atoms with Crippen molar-refractivity contribution in [3.63, 3.8) is 0 Å². The highest BCUT2D eigenvalue weighted by molar-refractivity contribution is 5.88.